The molecule has 162 valence electrons. The Hall–Kier alpha value is -3.38. The quantitative estimate of drug-likeness (QED) is 0.526. The number of nitrogens with one attached hydrogen (secondary N) is 1. The van der Waals surface area contributed by atoms with Gasteiger partial charge in [-0.3, -0.25) is 4.72 Å². The monoisotopic (exact) mass is 462 g/mol. The SMILES string of the molecule is COC(=O)c1ccc(C(=O)OC)c(S(=O)(=O)Nc2ccc(Sc3nncn3C)cc2)c1. The topological polar surface area (TPSA) is 129 Å². The lowest BCUT2D eigenvalue weighted by Gasteiger charge is -2.13. The van der Waals surface area contributed by atoms with E-state index in [2.05, 4.69) is 24.4 Å². The molecule has 1 N–H and O–H groups in total. The van der Waals surface area contributed by atoms with E-state index in [0.717, 1.165) is 18.1 Å². The Labute approximate surface area is 182 Å². The number of ether oxygens (including phenoxy) is 2. The van der Waals surface area contributed by atoms with Crippen LogP contribution in [0.3, 0.4) is 0 Å². The maximum atomic E-state index is 13.0. The molecule has 0 saturated heterocycles. The van der Waals surface area contributed by atoms with Crippen LogP contribution in [0.5, 0.6) is 0 Å². The zero-order valence-electron chi connectivity index (χ0n) is 16.7. The van der Waals surface area contributed by atoms with Gasteiger partial charge in [-0.15, -0.1) is 10.2 Å². The summed E-state index contributed by atoms with van der Waals surface area (Å²) in [6.45, 7) is 0. The van der Waals surface area contributed by atoms with Gasteiger partial charge in [0, 0.05) is 17.6 Å². The minimum atomic E-state index is -4.22. The zero-order valence-corrected chi connectivity index (χ0v) is 18.4. The van der Waals surface area contributed by atoms with Crippen LogP contribution in [-0.2, 0) is 26.5 Å². The number of methoxy groups -OCH3 is 2. The van der Waals surface area contributed by atoms with Crippen LogP contribution in [0.2, 0.25) is 0 Å². The molecule has 0 spiro atoms. The molecule has 0 fully saturated rings. The van der Waals surface area contributed by atoms with Gasteiger partial charge in [0.15, 0.2) is 5.16 Å². The number of hydrogen-bond acceptors (Lipinski definition) is 9. The van der Waals surface area contributed by atoms with Crippen LogP contribution in [0.25, 0.3) is 0 Å². The molecule has 0 atom stereocenters. The molecule has 3 aromatic rings. The number of carbonyl (C=O) groups is 2. The van der Waals surface area contributed by atoms with Crippen LogP contribution < -0.4 is 4.72 Å². The van der Waals surface area contributed by atoms with Crippen LogP contribution >= 0.6 is 11.8 Å². The molecule has 0 bridgehead atoms. The fourth-order valence-electron chi connectivity index (χ4n) is 2.54. The van der Waals surface area contributed by atoms with Gasteiger partial charge in [-0.25, -0.2) is 18.0 Å². The van der Waals surface area contributed by atoms with Crippen LogP contribution in [0.1, 0.15) is 20.7 Å². The van der Waals surface area contributed by atoms with E-state index < -0.39 is 26.9 Å². The normalized spacial score (nSPS) is 11.1. The fraction of sp³-hybridized carbons (Fsp3) is 0.158. The van der Waals surface area contributed by atoms with Gasteiger partial charge in [-0.05, 0) is 54.2 Å². The molecule has 3 rings (SSSR count). The molecule has 0 aliphatic carbocycles. The number of benzene rings is 2. The van der Waals surface area contributed by atoms with E-state index in [1.807, 2.05) is 7.05 Å². The van der Waals surface area contributed by atoms with E-state index >= 15 is 0 Å². The third kappa shape index (κ3) is 5.03. The maximum absolute atomic E-state index is 13.0. The smallest absolute Gasteiger partial charge is 0.339 e. The molecule has 0 aliphatic heterocycles. The highest BCUT2D eigenvalue weighted by Gasteiger charge is 2.25. The fourth-order valence-corrected chi connectivity index (χ4v) is 4.58. The van der Waals surface area contributed by atoms with E-state index in [-0.39, 0.29) is 16.8 Å². The van der Waals surface area contributed by atoms with Crippen LogP contribution in [0.4, 0.5) is 5.69 Å². The molecule has 0 saturated carbocycles. The van der Waals surface area contributed by atoms with Crippen molar-refractivity contribution in [1.29, 1.82) is 0 Å². The highest BCUT2D eigenvalue weighted by molar-refractivity contribution is 7.99. The number of esters is 2. The minimum Gasteiger partial charge on any atom is -0.465 e. The van der Waals surface area contributed by atoms with Gasteiger partial charge in [0.05, 0.1) is 25.3 Å². The molecular formula is C19H18N4O6S2. The van der Waals surface area contributed by atoms with Crippen LogP contribution in [-0.4, -0.2) is 49.3 Å². The van der Waals surface area contributed by atoms with Gasteiger partial charge in [0.1, 0.15) is 11.2 Å². The molecule has 12 heteroatoms. The third-order valence-corrected chi connectivity index (χ3v) is 6.56. The van der Waals surface area contributed by atoms with Gasteiger partial charge in [0.25, 0.3) is 10.0 Å². The van der Waals surface area contributed by atoms with Crippen LogP contribution in [0.15, 0.2) is 63.7 Å². The standard InChI is InChI=1S/C19H18N4O6S2/c1-23-11-20-21-19(23)30-14-7-5-13(6-8-14)22-31(26,27)16-10-12(17(24)28-2)4-9-15(16)18(25)29-3/h4-11,22H,1-3H3. The van der Waals surface area contributed by atoms with Crippen molar-refractivity contribution in [2.45, 2.75) is 14.9 Å². The number of aromatic nitrogens is 3. The van der Waals surface area contributed by atoms with Crippen molar-refractivity contribution >= 4 is 39.4 Å². The van der Waals surface area contributed by atoms with E-state index in [1.54, 1.807) is 35.2 Å². The summed E-state index contributed by atoms with van der Waals surface area (Å²) in [5.41, 5.74) is 0.0321. The van der Waals surface area contributed by atoms with Crippen molar-refractivity contribution in [3.05, 3.63) is 59.9 Å². The first-order valence-corrected chi connectivity index (χ1v) is 11.0. The number of anilines is 1. The summed E-state index contributed by atoms with van der Waals surface area (Å²) in [7, 11) is -0.110. The van der Waals surface area contributed by atoms with E-state index in [0.29, 0.717) is 5.16 Å². The molecular weight excluding hydrogens is 444 g/mol. The minimum absolute atomic E-state index is 0.0223. The van der Waals surface area contributed by atoms with Crippen molar-refractivity contribution < 1.29 is 27.5 Å². The van der Waals surface area contributed by atoms with Crippen molar-refractivity contribution in [1.82, 2.24) is 14.8 Å². The zero-order chi connectivity index (χ0) is 22.6. The molecule has 0 radical (unpaired) electrons. The Morgan fingerprint density at radius 3 is 2.29 bits per heavy atom. The summed E-state index contributed by atoms with van der Waals surface area (Å²) in [6, 6.07) is 10.1. The Bertz CT molecular complexity index is 1220. The Kier molecular flexibility index (Phi) is 6.61. The Morgan fingerprint density at radius 1 is 1.03 bits per heavy atom. The predicted octanol–water partition coefficient (Wildman–Crippen LogP) is 2.34. The molecule has 31 heavy (non-hydrogen) atoms. The molecule has 0 amide bonds. The lowest BCUT2D eigenvalue weighted by atomic mass is 10.1. The van der Waals surface area contributed by atoms with Gasteiger partial charge in [0.2, 0.25) is 0 Å². The first-order valence-electron chi connectivity index (χ1n) is 8.70. The summed E-state index contributed by atoms with van der Waals surface area (Å²) in [5.74, 6) is -1.59. The molecule has 1 aromatic heterocycles. The highest BCUT2D eigenvalue weighted by Crippen LogP contribution is 2.28. The summed E-state index contributed by atoms with van der Waals surface area (Å²) in [5, 5.41) is 8.46. The molecule has 0 unspecified atom stereocenters. The summed E-state index contributed by atoms with van der Waals surface area (Å²) in [6.07, 6.45) is 1.58. The lowest BCUT2D eigenvalue weighted by Crippen LogP contribution is -2.18. The van der Waals surface area contributed by atoms with E-state index in [1.165, 1.54) is 31.0 Å². The second kappa shape index (κ2) is 9.18. The second-order valence-corrected chi connectivity index (χ2v) is 8.84. The van der Waals surface area contributed by atoms with Crippen LogP contribution in [0, 0.1) is 0 Å². The summed E-state index contributed by atoms with van der Waals surface area (Å²) in [4.78, 5) is 24.3. The first-order chi connectivity index (χ1) is 14.7. The molecule has 1 heterocycles. The van der Waals surface area contributed by atoms with Crippen molar-refractivity contribution in [3.63, 3.8) is 0 Å². The average Bonchev–Trinajstić information content (AvgIpc) is 3.17. The number of nitrogens with zero attached hydrogens (tertiary/aromatic N) is 3. The summed E-state index contributed by atoms with van der Waals surface area (Å²) >= 11 is 1.36. The number of sulfonamides is 1. The molecule has 2 aromatic carbocycles. The summed E-state index contributed by atoms with van der Waals surface area (Å²) < 4.78 is 39.4. The largest absolute Gasteiger partial charge is 0.465 e. The third-order valence-electron chi connectivity index (χ3n) is 4.08. The van der Waals surface area contributed by atoms with Gasteiger partial charge < -0.3 is 14.0 Å². The van der Waals surface area contributed by atoms with E-state index in [9.17, 15) is 18.0 Å². The van der Waals surface area contributed by atoms with Crippen molar-refractivity contribution in [2.24, 2.45) is 7.05 Å². The molecule has 0 aliphatic rings. The second-order valence-electron chi connectivity index (χ2n) is 6.15. The predicted molar refractivity (Wildman–Crippen MR) is 111 cm³/mol. The highest BCUT2D eigenvalue weighted by atomic mass is 32.2. The maximum Gasteiger partial charge on any atom is 0.339 e. The first kappa shape index (κ1) is 22.3. The van der Waals surface area contributed by atoms with Crippen molar-refractivity contribution in [2.75, 3.05) is 18.9 Å². The van der Waals surface area contributed by atoms with Crippen molar-refractivity contribution in [3.8, 4) is 0 Å². The van der Waals surface area contributed by atoms with E-state index in [4.69, 9.17) is 0 Å². The number of carbonyl (C=O) groups excluding carboxylic acids is 2. The lowest BCUT2D eigenvalue weighted by molar-refractivity contribution is 0.0583. The number of hydrogen-bond donors (Lipinski definition) is 1. The average molecular weight is 463 g/mol. The van der Waals surface area contributed by atoms with Gasteiger partial charge >= 0.3 is 11.9 Å². The Morgan fingerprint density at radius 2 is 1.71 bits per heavy atom. The van der Waals surface area contributed by atoms with Gasteiger partial charge in [-0.1, -0.05) is 0 Å². The Balaban J connectivity index is 1.89. The number of aryl methyl sites for hydroxylation is 1. The molecule has 10 nitrogen and oxygen atoms in total. The van der Waals surface area contributed by atoms with Gasteiger partial charge in [-0.2, -0.15) is 0 Å². The number of rotatable bonds is 7.